The summed E-state index contributed by atoms with van der Waals surface area (Å²) >= 11 is 0. The Kier molecular flexibility index (Phi) is 6.27. The van der Waals surface area contributed by atoms with Gasteiger partial charge in [0.1, 0.15) is 5.75 Å². The van der Waals surface area contributed by atoms with Crippen molar-refractivity contribution in [2.24, 2.45) is 0 Å². The van der Waals surface area contributed by atoms with Gasteiger partial charge in [0.15, 0.2) is 11.9 Å². The molecule has 2 heteroatoms. The maximum absolute atomic E-state index is 12.8. The molecular formula is C23H28O2. The molecule has 0 radical (unpaired) electrons. The van der Waals surface area contributed by atoms with Crippen molar-refractivity contribution >= 4 is 5.78 Å². The Labute approximate surface area is 151 Å². The predicted molar refractivity (Wildman–Crippen MR) is 103 cm³/mol. The molecule has 0 aliphatic heterocycles. The second kappa shape index (κ2) is 8.84. The summed E-state index contributed by atoms with van der Waals surface area (Å²) in [6, 6.07) is 16.0. The monoisotopic (exact) mass is 336 g/mol. The molecule has 1 aromatic carbocycles. The van der Waals surface area contributed by atoms with Crippen LogP contribution in [0.2, 0.25) is 0 Å². The third kappa shape index (κ3) is 5.19. The summed E-state index contributed by atoms with van der Waals surface area (Å²) < 4.78 is 6.06. The van der Waals surface area contributed by atoms with Crippen molar-refractivity contribution in [1.82, 2.24) is 0 Å². The highest BCUT2D eigenvalue weighted by molar-refractivity contribution is 5.86. The molecule has 132 valence electrons. The van der Waals surface area contributed by atoms with Gasteiger partial charge in [-0.2, -0.15) is 0 Å². The summed E-state index contributed by atoms with van der Waals surface area (Å²) in [5.74, 6) is 1.00. The zero-order chi connectivity index (χ0) is 17.5. The molecule has 0 heterocycles. The highest BCUT2D eigenvalue weighted by Gasteiger charge is 2.24. The largest absolute Gasteiger partial charge is 0.478 e. The quantitative estimate of drug-likeness (QED) is 0.353. The first-order valence-electron chi connectivity index (χ1n) is 9.67. The Balaban J connectivity index is 1.51. The third-order valence-corrected chi connectivity index (χ3v) is 4.83. The number of hydrogen-bond acceptors (Lipinski definition) is 2. The van der Waals surface area contributed by atoms with Crippen molar-refractivity contribution in [3.05, 3.63) is 54.1 Å². The molecule has 3 rings (SSSR count). The van der Waals surface area contributed by atoms with Crippen molar-refractivity contribution < 1.29 is 9.53 Å². The minimum atomic E-state index is -0.484. The molecule has 2 aliphatic rings. The summed E-state index contributed by atoms with van der Waals surface area (Å²) in [5, 5.41) is 0. The van der Waals surface area contributed by atoms with E-state index in [-0.39, 0.29) is 5.78 Å². The first kappa shape index (κ1) is 17.7. The lowest BCUT2D eigenvalue weighted by Gasteiger charge is -2.18. The van der Waals surface area contributed by atoms with Gasteiger partial charge < -0.3 is 4.74 Å². The first-order chi connectivity index (χ1) is 12.3. The van der Waals surface area contributed by atoms with Gasteiger partial charge in [-0.1, -0.05) is 75.8 Å². The zero-order valence-electron chi connectivity index (χ0n) is 15.2. The van der Waals surface area contributed by atoms with Crippen LogP contribution in [0.4, 0.5) is 0 Å². The van der Waals surface area contributed by atoms with Crippen LogP contribution in [0.25, 0.3) is 11.1 Å². The molecule has 0 bridgehead atoms. The van der Waals surface area contributed by atoms with E-state index in [1.54, 1.807) is 0 Å². The summed E-state index contributed by atoms with van der Waals surface area (Å²) in [7, 11) is 0. The lowest BCUT2D eigenvalue weighted by molar-refractivity contribution is -0.126. The molecular weight excluding hydrogens is 308 g/mol. The van der Waals surface area contributed by atoms with Crippen LogP contribution in [0.3, 0.4) is 0 Å². The van der Waals surface area contributed by atoms with Crippen LogP contribution < -0.4 is 4.74 Å². The average Bonchev–Trinajstić information content (AvgIpc) is 3.25. The Morgan fingerprint density at radius 2 is 1.52 bits per heavy atom. The van der Waals surface area contributed by atoms with Gasteiger partial charge in [-0.15, -0.1) is 0 Å². The lowest BCUT2D eigenvalue weighted by atomic mass is 10.00. The average molecular weight is 336 g/mol. The number of carbonyl (C=O) groups excluding carboxylic acids is 1. The molecule has 0 saturated carbocycles. The van der Waals surface area contributed by atoms with Crippen molar-refractivity contribution in [3.63, 3.8) is 0 Å². The minimum Gasteiger partial charge on any atom is -0.478 e. The normalized spacial score (nSPS) is 12.7. The van der Waals surface area contributed by atoms with E-state index in [0.29, 0.717) is 6.42 Å². The Morgan fingerprint density at radius 3 is 2.20 bits per heavy atom. The Morgan fingerprint density at radius 1 is 0.880 bits per heavy atom. The Hall–Kier alpha value is -2.09. The van der Waals surface area contributed by atoms with Crippen LogP contribution >= 0.6 is 0 Å². The molecule has 0 saturated heterocycles. The Bertz CT molecular complexity index is 670. The maximum atomic E-state index is 12.8. The topological polar surface area (TPSA) is 26.3 Å². The van der Waals surface area contributed by atoms with Gasteiger partial charge >= 0.3 is 0 Å². The second-order valence-corrected chi connectivity index (χ2v) is 6.99. The fraction of sp³-hybridized carbons (Fsp3) is 0.435. The highest BCUT2D eigenvalue weighted by atomic mass is 16.5. The van der Waals surface area contributed by atoms with E-state index in [9.17, 15) is 4.79 Å². The van der Waals surface area contributed by atoms with E-state index in [1.807, 2.05) is 42.5 Å². The lowest BCUT2D eigenvalue weighted by Crippen LogP contribution is -2.18. The number of fused-ring (bicyclic) bond motifs is 1. The van der Waals surface area contributed by atoms with Crippen LogP contribution in [0.1, 0.15) is 70.0 Å². The molecule has 1 atom stereocenters. The van der Waals surface area contributed by atoms with Crippen molar-refractivity contribution in [1.29, 1.82) is 0 Å². The second-order valence-electron chi connectivity index (χ2n) is 6.99. The van der Waals surface area contributed by atoms with E-state index in [1.165, 1.54) is 43.2 Å². The number of ether oxygens (including phenoxy) is 1. The molecule has 0 fully saturated rings. The van der Waals surface area contributed by atoms with Gasteiger partial charge in [0.2, 0.25) is 0 Å². The van der Waals surface area contributed by atoms with Crippen LogP contribution in [0.15, 0.2) is 48.5 Å². The van der Waals surface area contributed by atoms with Crippen LogP contribution in [0.5, 0.6) is 5.75 Å². The van der Waals surface area contributed by atoms with E-state index in [2.05, 4.69) is 13.0 Å². The van der Waals surface area contributed by atoms with Gasteiger partial charge in [-0.05, 0) is 41.3 Å². The molecule has 2 aliphatic carbocycles. The summed E-state index contributed by atoms with van der Waals surface area (Å²) in [6.07, 6.45) is 8.65. The van der Waals surface area contributed by atoms with Crippen LogP contribution in [-0.2, 0) is 4.79 Å². The van der Waals surface area contributed by atoms with Gasteiger partial charge in [-0.25, -0.2) is 0 Å². The SMILES string of the molecule is CCCCCCCCCC(=O)C(Oc1cc2cc-2c1)c1ccccc1. The van der Waals surface area contributed by atoms with Crippen LogP contribution in [-0.4, -0.2) is 5.78 Å². The number of hydrogen-bond donors (Lipinski definition) is 0. The highest BCUT2D eigenvalue weighted by Crippen LogP contribution is 2.41. The number of rotatable bonds is 12. The van der Waals surface area contributed by atoms with Crippen molar-refractivity contribution in [2.45, 2.75) is 64.4 Å². The summed E-state index contributed by atoms with van der Waals surface area (Å²) in [5.41, 5.74) is 3.42. The number of unbranched alkanes of at least 4 members (excludes halogenated alkanes) is 6. The van der Waals surface area contributed by atoms with E-state index >= 15 is 0 Å². The van der Waals surface area contributed by atoms with Crippen molar-refractivity contribution in [2.75, 3.05) is 0 Å². The van der Waals surface area contributed by atoms with Crippen molar-refractivity contribution in [3.8, 4) is 16.9 Å². The van der Waals surface area contributed by atoms with Gasteiger partial charge in [0.25, 0.3) is 0 Å². The zero-order valence-corrected chi connectivity index (χ0v) is 15.2. The smallest absolute Gasteiger partial charge is 0.182 e. The maximum Gasteiger partial charge on any atom is 0.182 e. The standard InChI is InChI=1S/C23H28O2/c1-2-3-4-5-6-7-11-14-22(24)23(18-12-9-8-10-13-18)25-21-16-19-15-20(19)17-21/h8-10,12-13,15-17,23H,2-7,11,14H2,1H3. The van der Waals surface area contributed by atoms with Gasteiger partial charge in [0.05, 0.1) is 0 Å². The number of Topliss-reactive ketones (excluding diaryl/α,β-unsaturated/α-hetero) is 1. The fourth-order valence-corrected chi connectivity index (χ4v) is 3.27. The molecule has 2 nitrogen and oxygen atoms in total. The third-order valence-electron chi connectivity index (χ3n) is 4.83. The van der Waals surface area contributed by atoms with Gasteiger partial charge in [-0.3, -0.25) is 4.79 Å². The molecule has 0 spiro atoms. The van der Waals surface area contributed by atoms with Crippen LogP contribution in [0, 0.1) is 0 Å². The molecule has 0 amide bonds. The molecule has 0 N–H and O–H groups in total. The minimum absolute atomic E-state index is 0.189. The fourth-order valence-electron chi connectivity index (χ4n) is 3.27. The number of carbonyl (C=O) groups is 1. The van der Waals surface area contributed by atoms with Gasteiger partial charge in [0, 0.05) is 6.42 Å². The number of ketones is 1. The van der Waals surface area contributed by atoms with E-state index in [0.717, 1.165) is 24.2 Å². The predicted octanol–water partition coefficient (Wildman–Crippen LogP) is 6.50. The van der Waals surface area contributed by atoms with E-state index in [4.69, 9.17) is 4.74 Å². The summed E-state index contributed by atoms with van der Waals surface area (Å²) in [6.45, 7) is 2.23. The molecule has 1 aromatic rings. The molecule has 0 aromatic heterocycles. The first-order valence-corrected chi connectivity index (χ1v) is 9.67. The number of benzene rings is 2. The summed E-state index contributed by atoms with van der Waals surface area (Å²) in [4.78, 5) is 12.8. The molecule has 25 heavy (non-hydrogen) atoms. The van der Waals surface area contributed by atoms with E-state index < -0.39 is 6.10 Å². The molecule has 1 unspecified atom stereocenters.